The normalized spacial score (nSPS) is 10.1. The molecule has 1 amide bonds. The number of aromatic amines is 1. The number of hydrogen-bond donors (Lipinski definition) is 2. The van der Waals surface area contributed by atoms with Gasteiger partial charge in [-0.1, -0.05) is 0 Å². The van der Waals surface area contributed by atoms with E-state index < -0.39 is 17.5 Å². The first kappa shape index (κ1) is 12.0. The van der Waals surface area contributed by atoms with E-state index in [0.717, 1.165) is 12.1 Å². The zero-order chi connectivity index (χ0) is 13.0. The van der Waals surface area contributed by atoms with Crippen molar-refractivity contribution < 1.29 is 18.3 Å². The molecule has 2 rings (SSSR count). The summed E-state index contributed by atoms with van der Waals surface area (Å²) in [7, 11) is 0. The van der Waals surface area contributed by atoms with Crippen LogP contribution in [0.3, 0.4) is 0 Å². The van der Waals surface area contributed by atoms with Crippen molar-refractivity contribution in [1.82, 2.24) is 10.2 Å². The van der Waals surface area contributed by atoms with Crippen LogP contribution < -0.4 is 10.1 Å². The molecule has 2 N–H and O–H groups in total. The standard InChI is InChI=1S/C11H9F2N3O2/c12-7-1-2-9(8(13)5-7)18-6-11(17)15-10-3-4-14-16-10/h1-5H,6H2,(H2,14,15,16,17). The van der Waals surface area contributed by atoms with E-state index in [1.54, 1.807) is 6.07 Å². The Labute approximate surface area is 101 Å². The van der Waals surface area contributed by atoms with Crippen LogP contribution in [0, 0.1) is 11.6 Å². The van der Waals surface area contributed by atoms with Gasteiger partial charge in [-0.3, -0.25) is 9.89 Å². The lowest BCUT2D eigenvalue weighted by Crippen LogP contribution is -2.20. The van der Waals surface area contributed by atoms with Gasteiger partial charge in [0.2, 0.25) is 0 Å². The highest BCUT2D eigenvalue weighted by atomic mass is 19.1. The Hall–Kier alpha value is -2.44. The summed E-state index contributed by atoms with van der Waals surface area (Å²) in [6.07, 6.45) is 1.47. The molecule has 0 aliphatic heterocycles. The number of anilines is 1. The first-order valence-corrected chi connectivity index (χ1v) is 5.02. The van der Waals surface area contributed by atoms with Gasteiger partial charge in [-0.25, -0.2) is 8.78 Å². The second kappa shape index (κ2) is 5.26. The Kier molecular flexibility index (Phi) is 3.52. The first-order valence-electron chi connectivity index (χ1n) is 5.02. The second-order valence-electron chi connectivity index (χ2n) is 3.38. The summed E-state index contributed by atoms with van der Waals surface area (Å²) in [6, 6.07) is 4.40. The highest BCUT2D eigenvalue weighted by molar-refractivity contribution is 5.90. The molecule has 5 nitrogen and oxygen atoms in total. The van der Waals surface area contributed by atoms with Crippen molar-refractivity contribution in [1.29, 1.82) is 0 Å². The van der Waals surface area contributed by atoms with Crippen LogP contribution in [0.5, 0.6) is 5.75 Å². The first-order chi connectivity index (χ1) is 8.65. The fraction of sp³-hybridized carbons (Fsp3) is 0.0909. The molecule has 0 radical (unpaired) electrons. The molecule has 0 aliphatic carbocycles. The lowest BCUT2D eigenvalue weighted by molar-refractivity contribution is -0.118. The van der Waals surface area contributed by atoms with Gasteiger partial charge in [0.25, 0.3) is 5.91 Å². The SMILES string of the molecule is O=C(COc1ccc(F)cc1F)Nc1ccn[nH]1. The van der Waals surface area contributed by atoms with Crippen LogP contribution in [0.2, 0.25) is 0 Å². The predicted molar refractivity (Wildman–Crippen MR) is 59.1 cm³/mol. The summed E-state index contributed by atoms with van der Waals surface area (Å²) in [6.45, 7) is -0.387. The fourth-order valence-electron chi connectivity index (χ4n) is 1.25. The molecule has 0 unspecified atom stereocenters. The number of aromatic nitrogens is 2. The minimum atomic E-state index is -0.857. The van der Waals surface area contributed by atoms with E-state index in [1.165, 1.54) is 6.20 Å². The molecule has 7 heteroatoms. The second-order valence-corrected chi connectivity index (χ2v) is 3.38. The molecular formula is C11H9F2N3O2. The third-order valence-corrected chi connectivity index (χ3v) is 2.03. The smallest absolute Gasteiger partial charge is 0.263 e. The molecular weight excluding hydrogens is 244 g/mol. The number of amides is 1. The Morgan fingerprint density at radius 2 is 2.22 bits per heavy atom. The van der Waals surface area contributed by atoms with Crippen LogP contribution in [0.15, 0.2) is 30.5 Å². The summed E-state index contributed by atoms with van der Waals surface area (Å²) >= 11 is 0. The van der Waals surface area contributed by atoms with Crippen molar-refractivity contribution in [3.8, 4) is 5.75 Å². The van der Waals surface area contributed by atoms with E-state index in [1.807, 2.05) is 0 Å². The van der Waals surface area contributed by atoms with E-state index in [0.29, 0.717) is 11.9 Å². The predicted octanol–water partition coefficient (Wildman–Crippen LogP) is 1.71. The maximum absolute atomic E-state index is 13.2. The minimum Gasteiger partial charge on any atom is -0.481 e. The lowest BCUT2D eigenvalue weighted by Gasteiger charge is -2.06. The molecule has 0 atom stereocenters. The van der Waals surface area contributed by atoms with E-state index >= 15 is 0 Å². The van der Waals surface area contributed by atoms with E-state index in [2.05, 4.69) is 15.5 Å². The average Bonchev–Trinajstić information content (AvgIpc) is 2.80. The number of halogens is 2. The number of rotatable bonds is 4. The topological polar surface area (TPSA) is 67.0 Å². The van der Waals surface area contributed by atoms with Crippen molar-refractivity contribution in [3.63, 3.8) is 0 Å². The van der Waals surface area contributed by atoms with Gasteiger partial charge in [0, 0.05) is 12.1 Å². The lowest BCUT2D eigenvalue weighted by atomic mass is 10.3. The van der Waals surface area contributed by atoms with E-state index in [4.69, 9.17) is 4.74 Å². The molecule has 1 aromatic carbocycles. The molecule has 2 aromatic rings. The van der Waals surface area contributed by atoms with Gasteiger partial charge in [-0.2, -0.15) is 5.10 Å². The van der Waals surface area contributed by atoms with Crippen LogP contribution in [-0.2, 0) is 4.79 Å². The molecule has 0 aliphatic rings. The maximum atomic E-state index is 13.2. The Bertz CT molecular complexity index is 543. The fourth-order valence-corrected chi connectivity index (χ4v) is 1.25. The van der Waals surface area contributed by atoms with Crippen molar-refractivity contribution >= 4 is 11.7 Å². The number of benzene rings is 1. The zero-order valence-corrected chi connectivity index (χ0v) is 9.11. The van der Waals surface area contributed by atoms with Crippen LogP contribution >= 0.6 is 0 Å². The molecule has 0 fully saturated rings. The zero-order valence-electron chi connectivity index (χ0n) is 9.11. The van der Waals surface area contributed by atoms with Gasteiger partial charge in [-0.15, -0.1) is 0 Å². The Morgan fingerprint density at radius 3 is 2.89 bits per heavy atom. The number of hydrogen-bond acceptors (Lipinski definition) is 3. The van der Waals surface area contributed by atoms with Crippen LogP contribution in [0.4, 0.5) is 14.6 Å². The summed E-state index contributed by atoms with van der Waals surface area (Å²) in [5, 5.41) is 8.60. The van der Waals surface area contributed by atoms with Crippen molar-refractivity contribution in [3.05, 3.63) is 42.1 Å². The highest BCUT2D eigenvalue weighted by Crippen LogP contribution is 2.17. The molecule has 0 spiro atoms. The molecule has 1 heterocycles. The van der Waals surface area contributed by atoms with Gasteiger partial charge >= 0.3 is 0 Å². The number of carbonyl (C=O) groups excluding carboxylic acids is 1. The molecule has 0 bridgehead atoms. The van der Waals surface area contributed by atoms with E-state index in [9.17, 15) is 13.6 Å². The molecule has 0 saturated heterocycles. The van der Waals surface area contributed by atoms with Crippen molar-refractivity contribution in [2.45, 2.75) is 0 Å². The molecule has 1 aromatic heterocycles. The maximum Gasteiger partial charge on any atom is 0.263 e. The summed E-state index contributed by atoms with van der Waals surface area (Å²) < 4.78 is 30.7. The highest BCUT2D eigenvalue weighted by Gasteiger charge is 2.08. The number of carbonyl (C=O) groups is 1. The summed E-state index contributed by atoms with van der Waals surface area (Å²) in [4.78, 5) is 11.4. The average molecular weight is 253 g/mol. The van der Waals surface area contributed by atoms with Crippen molar-refractivity contribution in [2.24, 2.45) is 0 Å². The number of H-pyrrole nitrogens is 1. The monoisotopic (exact) mass is 253 g/mol. The van der Waals surface area contributed by atoms with Crippen LogP contribution in [-0.4, -0.2) is 22.7 Å². The molecule has 0 saturated carbocycles. The largest absolute Gasteiger partial charge is 0.481 e. The van der Waals surface area contributed by atoms with Gasteiger partial charge in [0.05, 0.1) is 6.20 Å². The van der Waals surface area contributed by atoms with Gasteiger partial charge in [-0.05, 0) is 12.1 Å². The molecule has 94 valence electrons. The minimum absolute atomic E-state index is 0.184. The summed E-state index contributed by atoms with van der Waals surface area (Å²) in [5.74, 6) is -1.83. The van der Waals surface area contributed by atoms with Gasteiger partial charge < -0.3 is 10.1 Å². The van der Waals surface area contributed by atoms with Crippen LogP contribution in [0.25, 0.3) is 0 Å². The summed E-state index contributed by atoms with van der Waals surface area (Å²) in [5.41, 5.74) is 0. The Morgan fingerprint density at radius 1 is 1.39 bits per heavy atom. The third-order valence-electron chi connectivity index (χ3n) is 2.03. The van der Waals surface area contributed by atoms with E-state index in [-0.39, 0.29) is 12.4 Å². The Balaban J connectivity index is 1.89. The van der Waals surface area contributed by atoms with Crippen LogP contribution in [0.1, 0.15) is 0 Å². The third kappa shape index (κ3) is 3.03. The number of ether oxygens (including phenoxy) is 1. The molecule has 18 heavy (non-hydrogen) atoms. The quantitative estimate of drug-likeness (QED) is 0.871. The number of nitrogens with zero attached hydrogens (tertiary/aromatic N) is 1. The van der Waals surface area contributed by atoms with Crippen molar-refractivity contribution in [2.75, 3.05) is 11.9 Å². The van der Waals surface area contributed by atoms with Gasteiger partial charge in [0.1, 0.15) is 11.6 Å². The number of nitrogens with one attached hydrogen (secondary N) is 2. The van der Waals surface area contributed by atoms with Gasteiger partial charge in [0.15, 0.2) is 18.2 Å².